The van der Waals surface area contributed by atoms with Gasteiger partial charge in [-0.25, -0.2) is 4.79 Å². The van der Waals surface area contributed by atoms with E-state index in [4.69, 9.17) is 42.5 Å². The molecule has 4 rings (SSSR count). The van der Waals surface area contributed by atoms with Crippen molar-refractivity contribution in [1.82, 2.24) is 5.32 Å². The van der Waals surface area contributed by atoms with E-state index in [9.17, 15) is 9.59 Å². The predicted octanol–water partition coefficient (Wildman–Crippen LogP) is 7.06. The molecule has 3 aromatic carbocycles. The summed E-state index contributed by atoms with van der Waals surface area (Å²) in [4.78, 5) is 23.4. The van der Waals surface area contributed by atoms with Gasteiger partial charge in [0.15, 0.2) is 0 Å². The lowest BCUT2D eigenvalue weighted by Crippen LogP contribution is -2.24. The summed E-state index contributed by atoms with van der Waals surface area (Å²) in [5, 5.41) is 12.9. The maximum atomic E-state index is 12.5. The van der Waals surface area contributed by atoms with E-state index < -0.39 is 12.3 Å². The van der Waals surface area contributed by atoms with Crippen LogP contribution in [0.15, 0.2) is 60.7 Å². The van der Waals surface area contributed by atoms with Crippen molar-refractivity contribution in [2.75, 3.05) is 13.2 Å². The summed E-state index contributed by atoms with van der Waals surface area (Å²) in [6.07, 6.45) is 1.03. The van der Waals surface area contributed by atoms with Crippen molar-refractivity contribution in [3.05, 3.63) is 87.4 Å². The summed E-state index contributed by atoms with van der Waals surface area (Å²) < 4.78 is 16.4. The lowest BCUT2D eigenvalue weighted by atomic mass is 10.0. The molecule has 7 nitrogen and oxygen atoms in total. The number of hydrogen-bond acceptors (Lipinski definition) is 5. The molecule has 188 valence electrons. The topological polar surface area (TPSA) is 94.1 Å². The highest BCUT2D eigenvalue weighted by atomic mass is 35.5. The molecule has 0 saturated carbocycles. The van der Waals surface area contributed by atoms with Gasteiger partial charge in [0.05, 0.1) is 11.6 Å². The van der Waals surface area contributed by atoms with Crippen LogP contribution in [0.3, 0.4) is 0 Å². The maximum Gasteiger partial charge on any atom is 0.506 e. The van der Waals surface area contributed by atoms with Crippen LogP contribution in [0.1, 0.15) is 46.9 Å². The van der Waals surface area contributed by atoms with Gasteiger partial charge < -0.3 is 24.6 Å². The summed E-state index contributed by atoms with van der Waals surface area (Å²) in [6, 6.07) is 17.7. The number of carbonyl (C=O) groups is 2. The molecule has 1 aliphatic heterocycles. The molecule has 0 bridgehead atoms. The smallest absolute Gasteiger partial charge is 0.493 e. The zero-order valence-electron chi connectivity index (χ0n) is 19.3. The summed E-state index contributed by atoms with van der Waals surface area (Å²) in [6.45, 7) is 0.884. The van der Waals surface area contributed by atoms with Crippen molar-refractivity contribution in [2.24, 2.45) is 0 Å². The van der Waals surface area contributed by atoms with E-state index in [1.807, 2.05) is 24.3 Å². The fraction of sp³-hybridized carbons (Fsp3) is 0.259. The average Bonchev–Trinajstić information content (AvgIpc) is 2.86. The number of rotatable bonds is 9. The minimum Gasteiger partial charge on any atom is -0.493 e. The molecular weight excluding hydrogens is 505 g/mol. The Kier molecular flexibility index (Phi) is 8.57. The minimum absolute atomic E-state index is 0.163. The number of amides is 1. The molecule has 1 heterocycles. The number of hydrogen-bond donors (Lipinski definition) is 2. The van der Waals surface area contributed by atoms with Gasteiger partial charge in [0.25, 0.3) is 5.91 Å². The number of carboxylic acid groups (broad SMARTS) is 1. The molecule has 1 atom stereocenters. The van der Waals surface area contributed by atoms with Crippen molar-refractivity contribution >= 4 is 35.3 Å². The van der Waals surface area contributed by atoms with E-state index in [1.54, 1.807) is 36.4 Å². The van der Waals surface area contributed by atoms with Gasteiger partial charge >= 0.3 is 6.16 Å². The van der Waals surface area contributed by atoms with E-state index in [0.717, 1.165) is 29.8 Å². The molecule has 9 heteroatoms. The molecule has 3 aromatic rings. The Hall–Kier alpha value is -3.42. The first-order valence-electron chi connectivity index (χ1n) is 11.6. The molecule has 0 aromatic heterocycles. The van der Waals surface area contributed by atoms with E-state index in [1.165, 1.54) is 0 Å². The number of nitrogens with one attached hydrogen (secondary N) is 1. The molecule has 0 radical (unpaired) electrons. The van der Waals surface area contributed by atoms with Crippen LogP contribution in [0.4, 0.5) is 4.79 Å². The van der Waals surface area contributed by atoms with Crippen molar-refractivity contribution in [2.45, 2.75) is 31.8 Å². The van der Waals surface area contributed by atoms with Crippen LogP contribution in [0, 0.1) is 0 Å². The second-order valence-electron chi connectivity index (χ2n) is 8.26. The second kappa shape index (κ2) is 12.0. The molecule has 0 saturated heterocycles. The lowest BCUT2D eigenvalue weighted by molar-refractivity contribution is 0.0326. The number of benzene rings is 3. The van der Waals surface area contributed by atoms with Gasteiger partial charge in [0, 0.05) is 35.2 Å². The van der Waals surface area contributed by atoms with Gasteiger partial charge in [0.1, 0.15) is 23.4 Å². The summed E-state index contributed by atoms with van der Waals surface area (Å²) in [7, 11) is 0. The van der Waals surface area contributed by atoms with Gasteiger partial charge in [-0.2, -0.15) is 0 Å². The normalized spacial score (nSPS) is 14.3. The number of ether oxygens (including phenoxy) is 3. The van der Waals surface area contributed by atoms with Crippen molar-refractivity contribution in [3.63, 3.8) is 0 Å². The van der Waals surface area contributed by atoms with Gasteiger partial charge in [-0.1, -0.05) is 41.4 Å². The predicted molar refractivity (Wildman–Crippen MR) is 137 cm³/mol. The first kappa shape index (κ1) is 25.7. The molecule has 36 heavy (non-hydrogen) atoms. The molecule has 0 spiro atoms. The molecular formula is C27H25Cl2NO6. The molecule has 1 aliphatic rings. The number of unbranched alkanes of at least 4 members (excludes halogenated alkanes) is 1. The van der Waals surface area contributed by atoms with Crippen molar-refractivity contribution < 1.29 is 28.9 Å². The molecule has 2 N–H and O–H groups in total. The first-order chi connectivity index (χ1) is 17.4. The SMILES string of the molecule is O=C(O)OC1CCOc2cc(Oc3ccc(C(=O)NCCCCc4ccccc4Cl)cc3)c(Cl)cc21. The van der Waals surface area contributed by atoms with Crippen LogP contribution in [-0.4, -0.2) is 30.3 Å². The summed E-state index contributed by atoms with van der Waals surface area (Å²) >= 11 is 12.5. The van der Waals surface area contributed by atoms with Gasteiger partial charge in [-0.05, 0) is 61.2 Å². The van der Waals surface area contributed by atoms with E-state index in [2.05, 4.69) is 5.32 Å². The third kappa shape index (κ3) is 6.62. The Labute approximate surface area is 218 Å². The minimum atomic E-state index is -1.36. The third-order valence-corrected chi connectivity index (χ3v) is 6.42. The highest BCUT2D eigenvalue weighted by Crippen LogP contribution is 2.42. The van der Waals surface area contributed by atoms with E-state index in [0.29, 0.717) is 47.9 Å². The van der Waals surface area contributed by atoms with E-state index >= 15 is 0 Å². The molecule has 1 amide bonds. The maximum absolute atomic E-state index is 12.5. The van der Waals surface area contributed by atoms with Crippen molar-refractivity contribution in [3.8, 4) is 17.2 Å². The van der Waals surface area contributed by atoms with Crippen LogP contribution >= 0.6 is 23.2 Å². The Morgan fingerprint density at radius 3 is 2.56 bits per heavy atom. The Balaban J connectivity index is 1.29. The molecule has 1 unspecified atom stereocenters. The number of carbonyl (C=O) groups excluding carboxylic acids is 1. The van der Waals surface area contributed by atoms with Crippen molar-refractivity contribution in [1.29, 1.82) is 0 Å². The second-order valence-corrected chi connectivity index (χ2v) is 9.08. The van der Waals surface area contributed by atoms with Gasteiger partial charge in [-0.15, -0.1) is 0 Å². The van der Waals surface area contributed by atoms with Gasteiger partial charge in [0.2, 0.25) is 0 Å². The standard InChI is InChI=1S/C27H25Cl2NO6/c28-21-7-2-1-5-17(21)6-3-4-13-30-26(31)18-8-10-19(11-9-18)35-25-16-24-20(15-22(25)29)23(12-14-34-24)36-27(32)33/h1-2,5,7-11,15-16,23H,3-4,6,12-14H2,(H,30,31)(H,32,33). The number of halogens is 2. The lowest BCUT2D eigenvalue weighted by Gasteiger charge is -2.25. The highest BCUT2D eigenvalue weighted by molar-refractivity contribution is 6.32. The van der Waals surface area contributed by atoms with Crippen LogP contribution in [0.2, 0.25) is 10.0 Å². The highest BCUT2D eigenvalue weighted by Gasteiger charge is 2.27. The fourth-order valence-corrected chi connectivity index (χ4v) is 4.37. The van der Waals surface area contributed by atoms with Crippen LogP contribution in [0.25, 0.3) is 0 Å². The van der Waals surface area contributed by atoms with Crippen LogP contribution < -0.4 is 14.8 Å². The zero-order valence-corrected chi connectivity index (χ0v) is 20.8. The largest absolute Gasteiger partial charge is 0.506 e. The fourth-order valence-electron chi connectivity index (χ4n) is 3.93. The van der Waals surface area contributed by atoms with Crippen LogP contribution in [0.5, 0.6) is 17.2 Å². The van der Waals surface area contributed by atoms with Crippen LogP contribution in [-0.2, 0) is 11.2 Å². The monoisotopic (exact) mass is 529 g/mol. The van der Waals surface area contributed by atoms with Gasteiger partial charge in [-0.3, -0.25) is 4.79 Å². The summed E-state index contributed by atoms with van der Waals surface area (Å²) in [5.41, 5.74) is 2.18. The van der Waals surface area contributed by atoms with E-state index in [-0.39, 0.29) is 10.9 Å². The number of aryl methyl sites for hydroxylation is 1. The molecule has 0 aliphatic carbocycles. The molecule has 0 fully saturated rings. The average molecular weight is 530 g/mol. The number of fused-ring (bicyclic) bond motifs is 1. The quantitative estimate of drug-likeness (QED) is 0.227. The Morgan fingerprint density at radius 1 is 1.03 bits per heavy atom. The Morgan fingerprint density at radius 2 is 1.81 bits per heavy atom. The zero-order chi connectivity index (χ0) is 25.5. The third-order valence-electron chi connectivity index (χ3n) is 5.75. The first-order valence-corrected chi connectivity index (χ1v) is 12.3. The Bertz CT molecular complexity index is 1230. The summed E-state index contributed by atoms with van der Waals surface area (Å²) in [5.74, 6) is 1.13.